The van der Waals surface area contributed by atoms with Crippen LogP contribution in [-0.4, -0.2) is 42.8 Å². The van der Waals surface area contributed by atoms with Crippen molar-refractivity contribution in [1.29, 1.82) is 0 Å². The number of nitrogens with two attached hydrogens (primary N) is 1. The number of nitrogens with zero attached hydrogens (tertiary/aromatic N) is 1. The van der Waals surface area contributed by atoms with Crippen LogP contribution >= 0.6 is 0 Å². The fourth-order valence-corrected chi connectivity index (χ4v) is 3.99. The van der Waals surface area contributed by atoms with Crippen molar-refractivity contribution < 1.29 is 4.74 Å². The minimum Gasteiger partial charge on any atom is -0.377 e. The second-order valence-corrected chi connectivity index (χ2v) is 7.14. The number of rotatable bonds is 3. The Morgan fingerprint density at radius 2 is 2.00 bits per heavy atom. The molecular formula is C16H32N2O. The van der Waals surface area contributed by atoms with E-state index in [1.54, 1.807) is 0 Å². The van der Waals surface area contributed by atoms with E-state index in [-0.39, 0.29) is 11.1 Å². The molecule has 0 bridgehead atoms. The molecule has 1 saturated carbocycles. The second-order valence-electron chi connectivity index (χ2n) is 7.14. The van der Waals surface area contributed by atoms with Crippen LogP contribution in [0.5, 0.6) is 0 Å². The topological polar surface area (TPSA) is 38.5 Å². The lowest BCUT2D eigenvalue weighted by molar-refractivity contribution is -0.0832. The molecule has 1 aliphatic heterocycles. The molecular weight excluding hydrogens is 236 g/mol. The molecule has 3 atom stereocenters. The normalized spacial score (nSPS) is 42.0. The van der Waals surface area contributed by atoms with E-state index in [1.807, 2.05) is 7.11 Å². The van der Waals surface area contributed by atoms with Gasteiger partial charge in [-0.05, 0) is 51.5 Å². The maximum absolute atomic E-state index is 6.23. The van der Waals surface area contributed by atoms with Crippen molar-refractivity contribution in [1.82, 2.24) is 4.90 Å². The van der Waals surface area contributed by atoms with Crippen LogP contribution in [0.1, 0.15) is 58.8 Å². The molecule has 0 spiro atoms. The fourth-order valence-electron chi connectivity index (χ4n) is 3.99. The van der Waals surface area contributed by atoms with Gasteiger partial charge in [0.05, 0.1) is 5.60 Å². The molecule has 2 rings (SSSR count). The van der Waals surface area contributed by atoms with Crippen molar-refractivity contribution in [2.75, 3.05) is 26.7 Å². The monoisotopic (exact) mass is 268 g/mol. The molecule has 0 amide bonds. The second kappa shape index (κ2) is 6.11. The average Bonchev–Trinajstić information content (AvgIpc) is 2.62. The molecule has 0 aromatic heterocycles. The third-order valence-corrected chi connectivity index (χ3v) is 5.64. The summed E-state index contributed by atoms with van der Waals surface area (Å²) in [5.41, 5.74) is 6.50. The zero-order chi connectivity index (χ0) is 13.9. The summed E-state index contributed by atoms with van der Waals surface area (Å²) in [7, 11) is 1.85. The third kappa shape index (κ3) is 3.32. The van der Waals surface area contributed by atoms with Crippen molar-refractivity contribution >= 4 is 0 Å². The summed E-state index contributed by atoms with van der Waals surface area (Å²) >= 11 is 0. The molecule has 0 aromatic rings. The summed E-state index contributed by atoms with van der Waals surface area (Å²) in [5, 5.41) is 0. The molecule has 1 heterocycles. The summed E-state index contributed by atoms with van der Waals surface area (Å²) in [6.07, 6.45) is 8.99. The predicted molar refractivity (Wildman–Crippen MR) is 80.3 cm³/mol. The number of methoxy groups -OCH3 is 1. The molecule has 0 aromatic carbocycles. The largest absolute Gasteiger partial charge is 0.377 e. The number of likely N-dealkylation sites (tertiary alicyclic amines) is 1. The van der Waals surface area contributed by atoms with Crippen LogP contribution in [0.4, 0.5) is 0 Å². The number of hydrogen-bond acceptors (Lipinski definition) is 3. The lowest BCUT2D eigenvalue weighted by Crippen LogP contribution is -2.60. The predicted octanol–water partition coefficient (Wildman–Crippen LogP) is 2.79. The van der Waals surface area contributed by atoms with Gasteiger partial charge in [-0.3, -0.25) is 4.90 Å². The molecule has 1 aliphatic carbocycles. The van der Waals surface area contributed by atoms with Gasteiger partial charge >= 0.3 is 0 Å². The van der Waals surface area contributed by atoms with E-state index in [2.05, 4.69) is 18.7 Å². The van der Waals surface area contributed by atoms with Crippen LogP contribution in [0, 0.1) is 5.92 Å². The molecule has 2 N–H and O–H groups in total. The summed E-state index contributed by atoms with van der Waals surface area (Å²) < 4.78 is 5.76. The first-order chi connectivity index (χ1) is 9.03. The van der Waals surface area contributed by atoms with Gasteiger partial charge in [0, 0.05) is 25.7 Å². The van der Waals surface area contributed by atoms with Gasteiger partial charge in [0.25, 0.3) is 0 Å². The molecule has 112 valence electrons. The first-order valence-corrected chi connectivity index (χ1v) is 8.04. The minimum absolute atomic E-state index is 0.0261. The lowest BCUT2D eigenvalue weighted by atomic mass is 9.83. The van der Waals surface area contributed by atoms with Crippen molar-refractivity contribution in [3.05, 3.63) is 0 Å². The maximum Gasteiger partial charge on any atom is 0.0777 e. The molecule has 3 nitrogen and oxygen atoms in total. The van der Waals surface area contributed by atoms with Crippen LogP contribution in [-0.2, 0) is 4.74 Å². The van der Waals surface area contributed by atoms with E-state index >= 15 is 0 Å². The molecule has 0 radical (unpaired) electrons. The van der Waals surface area contributed by atoms with Gasteiger partial charge in [-0.15, -0.1) is 0 Å². The molecule has 2 aliphatic rings. The van der Waals surface area contributed by atoms with E-state index in [9.17, 15) is 0 Å². The molecule has 3 heteroatoms. The van der Waals surface area contributed by atoms with Gasteiger partial charge in [0.15, 0.2) is 0 Å². The summed E-state index contributed by atoms with van der Waals surface area (Å²) in [6, 6.07) is 0. The van der Waals surface area contributed by atoms with Gasteiger partial charge in [-0.25, -0.2) is 0 Å². The third-order valence-electron chi connectivity index (χ3n) is 5.64. The number of piperidine rings is 1. The Morgan fingerprint density at radius 1 is 1.21 bits per heavy atom. The quantitative estimate of drug-likeness (QED) is 0.800. The molecule has 1 saturated heterocycles. The highest BCUT2D eigenvalue weighted by molar-refractivity contribution is 4.98. The van der Waals surface area contributed by atoms with E-state index in [4.69, 9.17) is 10.5 Å². The van der Waals surface area contributed by atoms with Crippen molar-refractivity contribution in [3.63, 3.8) is 0 Å². The van der Waals surface area contributed by atoms with Crippen LogP contribution in [0.2, 0.25) is 0 Å². The summed E-state index contributed by atoms with van der Waals surface area (Å²) in [6.45, 7) is 7.70. The summed E-state index contributed by atoms with van der Waals surface area (Å²) in [4.78, 5) is 2.66. The maximum atomic E-state index is 6.23. The van der Waals surface area contributed by atoms with Gasteiger partial charge < -0.3 is 10.5 Å². The average molecular weight is 268 g/mol. The standard InChI is InChI=1S/C16H32N2O/c1-14-6-4-9-16(12-17,10-7-14)18-11-5-8-15(2,13-18)19-3/h14H,4-13,17H2,1-3H3. The first-order valence-electron chi connectivity index (χ1n) is 8.04. The Morgan fingerprint density at radius 3 is 2.68 bits per heavy atom. The fraction of sp³-hybridized carbons (Fsp3) is 1.00. The number of hydrogen-bond donors (Lipinski definition) is 1. The van der Waals surface area contributed by atoms with Crippen molar-refractivity contribution in [2.24, 2.45) is 11.7 Å². The molecule has 2 fully saturated rings. The molecule has 19 heavy (non-hydrogen) atoms. The highest BCUT2D eigenvalue weighted by Crippen LogP contribution is 2.37. The SMILES string of the molecule is COC1(C)CCCN(C2(CN)CCCC(C)CC2)C1. The Kier molecular flexibility index (Phi) is 4.91. The Bertz CT molecular complexity index is 296. The molecule has 3 unspecified atom stereocenters. The Hall–Kier alpha value is -0.120. The zero-order valence-corrected chi connectivity index (χ0v) is 13.1. The first kappa shape index (κ1) is 15.3. The number of ether oxygens (including phenoxy) is 1. The van der Waals surface area contributed by atoms with Crippen LogP contribution in [0.25, 0.3) is 0 Å². The van der Waals surface area contributed by atoms with Crippen LogP contribution < -0.4 is 5.73 Å². The van der Waals surface area contributed by atoms with E-state index in [0.29, 0.717) is 0 Å². The smallest absolute Gasteiger partial charge is 0.0777 e. The van der Waals surface area contributed by atoms with Gasteiger partial charge in [0.2, 0.25) is 0 Å². The zero-order valence-electron chi connectivity index (χ0n) is 13.1. The lowest BCUT2D eigenvalue weighted by Gasteiger charge is -2.50. The van der Waals surface area contributed by atoms with E-state index in [1.165, 1.54) is 51.5 Å². The van der Waals surface area contributed by atoms with Gasteiger partial charge in [-0.1, -0.05) is 19.8 Å². The van der Waals surface area contributed by atoms with Gasteiger partial charge in [0.1, 0.15) is 0 Å². The summed E-state index contributed by atoms with van der Waals surface area (Å²) in [5.74, 6) is 0.868. The Balaban J connectivity index is 2.11. The van der Waals surface area contributed by atoms with Crippen molar-refractivity contribution in [3.8, 4) is 0 Å². The van der Waals surface area contributed by atoms with Gasteiger partial charge in [-0.2, -0.15) is 0 Å². The van der Waals surface area contributed by atoms with E-state index < -0.39 is 0 Å². The van der Waals surface area contributed by atoms with Crippen LogP contribution in [0.15, 0.2) is 0 Å². The van der Waals surface area contributed by atoms with Crippen LogP contribution in [0.3, 0.4) is 0 Å². The Labute approximate surface area is 118 Å². The highest BCUT2D eigenvalue weighted by Gasteiger charge is 2.42. The highest BCUT2D eigenvalue weighted by atomic mass is 16.5. The minimum atomic E-state index is 0.0261. The van der Waals surface area contributed by atoms with E-state index in [0.717, 1.165) is 19.0 Å². The van der Waals surface area contributed by atoms with Crippen molar-refractivity contribution in [2.45, 2.75) is 69.9 Å².